The Labute approximate surface area is 126 Å². The highest BCUT2D eigenvalue weighted by Gasteiger charge is 2.37. The van der Waals surface area contributed by atoms with E-state index in [4.69, 9.17) is 0 Å². The van der Waals surface area contributed by atoms with Crippen molar-refractivity contribution >= 4 is 17.9 Å². The van der Waals surface area contributed by atoms with Gasteiger partial charge in [-0.2, -0.15) is 0 Å². The van der Waals surface area contributed by atoms with E-state index < -0.39 is 29.1 Å². The summed E-state index contributed by atoms with van der Waals surface area (Å²) in [5.41, 5.74) is -1.75. The summed E-state index contributed by atoms with van der Waals surface area (Å²) in [6.45, 7) is 11.9. The van der Waals surface area contributed by atoms with Crippen LogP contribution < -0.4 is 10.6 Å². The lowest BCUT2D eigenvalue weighted by Gasteiger charge is -2.35. The average Bonchev–Trinajstić information content (AvgIpc) is 2.26. The van der Waals surface area contributed by atoms with Gasteiger partial charge in [0.1, 0.15) is 11.6 Å². The van der Waals surface area contributed by atoms with Crippen LogP contribution in [0.25, 0.3) is 0 Å². The third-order valence-corrected chi connectivity index (χ3v) is 2.99. The minimum absolute atomic E-state index is 0.221. The van der Waals surface area contributed by atoms with Gasteiger partial charge in [0.15, 0.2) is 0 Å². The van der Waals surface area contributed by atoms with Crippen LogP contribution in [0.5, 0.6) is 0 Å². The first-order valence-electron chi connectivity index (χ1n) is 6.96. The Bertz CT molecular complexity index is 413. The van der Waals surface area contributed by atoms with Crippen LogP contribution in [0.15, 0.2) is 0 Å². The number of amides is 3. The lowest BCUT2D eigenvalue weighted by Crippen LogP contribution is -2.59. The van der Waals surface area contributed by atoms with E-state index in [1.807, 2.05) is 20.8 Å². The van der Waals surface area contributed by atoms with Crippen LogP contribution in [-0.2, 0) is 9.59 Å². The monoisotopic (exact) mass is 301 g/mol. The number of likely N-dealkylation sites (N-methyl/N-ethyl adjacent to an activating group) is 1. The van der Waals surface area contributed by atoms with Gasteiger partial charge in [-0.3, -0.25) is 4.79 Å². The molecule has 0 aromatic heterocycles. The number of nitrogens with zero attached hydrogens (tertiary/aromatic N) is 1. The summed E-state index contributed by atoms with van der Waals surface area (Å²) in [7, 11) is 0. The lowest BCUT2D eigenvalue weighted by atomic mass is 10.0. The van der Waals surface area contributed by atoms with E-state index in [0.717, 1.165) is 0 Å². The fourth-order valence-electron chi connectivity index (χ4n) is 1.71. The predicted octanol–water partition coefficient (Wildman–Crippen LogP) is 1.18. The third kappa shape index (κ3) is 5.61. The Morgan fingerprint density at radius 1 is 1.14 bits per heavy atom. The Morgan fingerprint density at radius 2 is 1.62 bits per heavy atom. The standard InChI is InChI=1S/C14H27N3O4/c1-8-17(14(6,7)11(19)20)12(21)15-9(2)10(18)16-13(3,4)5/h9H,8H2,1-7H3,(H,15,21)(H,16,18)(H,19,20). The number of nitrogens with one attached hydrogen (secondary N) is 2. The number of rotatable bonds is 5. The van der Waals surface area contributed by atoms with E-state index in [1.54, 1.807) is 13.8 Å². The molecular formula is C14H27N3O4. The van der Waals surface area contributed by atoms with E-state index in [-0.39, 0.29) is 12.5 Å². The summed E-state index contributed by atoms with van der Waals surface area (Å²) < 4.78 is 0. The molecular weight excluding hydrogens is 274 g/mol. The fraction of sp³-hybridized carbons (Fsp3) is 0.786. The Morgan fingerprint density at radius 3 is 1.95 bits per heavy atom. The molecule has 1 atom stereocenters. The van der Waals surface area contributed by atoms with Gasteiger partial charge in [-0.05, 0) is 48.5 Å². The summed E-state index contributed by atoms with van der Waals surface area (Å²) in [4.78, 5) is 36.5. The van der Waals surface area contributed by atoms with Gasteiger partial charge in [0.2, 0.25) is 5.91 Å². The molecule has 0 radical (unpaired) electrons. The Balaban J connectivity index is 4.87. The maximum absolute atomic E-state index is 12.2. The topological polar surface area (TPSA) is 98.7 Å². The minimum atomic E-state index is -1.35. The molecule has 0 fully saturated rings. The first kappa shape index (κ1) is 19.2. The molecule has 21 heavy (non-hydrogen) atoms. The highest BCUT2D eigenvalue weighted by molar-refractivity contribution is 5.90. The molecule has 3 amide bonds. The second kappa shape index (κ2) is 6.78. The van der Waals surface area contributed by atoms with Gasteiger partial charge < -0.3 is 20.6 Å². The second-order valence-electron chi connectivity index (χ2n) is 6.52. The number of carbonyl (C=O) groups is 3. The van der Waals surface area contributed by atoms with Crippen molar-refractivity contribution < 1.29 is 19.5 Å². The van der Waals surface area contributed by atoms with Gasteiger partial charge in [0, 0.05) is 12.1 Å². The van der Waals surface area contributed by atoms with Gasteiger partial charge in [0.25, 0.3) is 0 Å². The first-order chi connectivity index (χ1) is 9.32. The average molecular weight is 301 g/mol. The van der Waals surface area contributed by atoms with E-state index >= 15 is 0 Å². The number of aliphatic carboxylic acids is 1. The van der Waals surface area contributed by atoms with Gasteiger partial charge in [-0.25, -0.2) is 9.59 Å². The highest BCUT2D eigenvalue weighted by atomic mass is 16.4. The van der Waals surface area contributed by atoms with Gasteiger partial charge in [0.05, 0.1) is 0 Å². The molecule has 3 N–H and O–H groups in total. The SMILES string of the molecule is CCN(C(=O)NC(C)C(=O)NC(C)(C)C)C(C)(C)C(=O)O. The Kier molecular flexibility index (Phi) is 6.20. The van der Waals surface area contributed by atoms with Crippen LogP contribution in [0.1, 0.15) is 48.5 Å². The van der Waals surface area contributed by atoms with Crippen LogP contribution in [-0.4, -0.2) is 51.6 Å². The van der Waals surface area contributed by atoms with E-state index in [1.165, 1.54) is 18.7 Å². The number of carboxylic acids is 1. The van der Waals surface area contributed by atoms with Gasteiger partial charge >= 0.3 is 12.0 Å². The molecule has 0 aromatic carbocycles. The molecule has 0 aliphatic carbocycles. The lowest BCUT2D eigenvalue weighted by molar-refractivity contribution is -0.147. The van der Waals surface area contributed by atoms with Crippen molar-refractivity contribution in [1.29, 1.82) is 0 Å². The Hall–Kier alpha value is -1.79. The molecule has 0 bridgehead atoms. The summed E-state index contributed by atoms with van der Waals surface area (Å²) in [6.07, 6.45) is 0. The zero-order valence-electron chi connectivity index (χ0n) is 13.9. The normalized spacial score (nSPS) is 13.3. The molecule has 0 heterocycles. The minimum Gasteiger partial charge on any atom is -0.480 e. The molecule has 0 rings (SSSR count). The zero-order chi connectivity index (χ0) is 17.0. The molecule has 0 spiro atoms. The van der Waals surface area contributed by atoms with Crippen molar-refractivity contribution in [2.24, 2.45) is 0 Å². The maximum atomic E-state index is 12.2. The zero-order valence-corrected chi connectivity index (χ0v) is 13.9. The number of carbonyl (C=O) groups excluding carboxylic acids is 2. The van der Waals surface area contributed by atoms with Crippen molar-refractivity contribution in [3.8, 4) is 0 Å². The van der Waals surface area contributed by atoms with Gasteiger partial charge in [-0.1, -0.05) is 0 Å². The molecule has 7 nitrogen and oxygen atoms in total. The van der Waals surface area contributed by atoms with Crippen LogP contribution >= 0.6 is 0 Å². The van der Waals surface area contributed by atoms with Crippen molar-refractivity contribution in [3.05, 3.63) is 0 Å². The maximum Gasteiger partial charge on any atom is 0.329 e. The van der Waals surface area contributed by atoms with E-state index in [9.17, 15) is 19.5 Å². The molecule has 0 aliphatic rings. The summed E-state index contributed by atoms with van der Waals surface area (Å²) in [6, 6.07) is -1.34. The van der Waals surface area contributed by atoms with Crippen LogP contribution in [0, 0.1) is 0 Å². The van der Waals surface area contributed by atoms with Crippen molar-refractivity contribution in [2.45, 2.75) is 65.6 Å². The smallest absolute Gasteiger partial charge is 0.329 e. The van der Waals surface area contributed by atoms with Crippen molar-refractivity contribution in [1.82, 2.24) is 15.5 Å². The fourth-order valence-corrected chi connectivity index (χ4v) is 1.71. The number of urea groups is 1. The van der Waals surface area contributed by atoms with Crippen molar-refractivity contribution in [3.63, 3.8) is 0 Å². The molecule has 0 aliphatic heterocycles. The number of hydrogen-bond acceptors (Lipinski definition) is 3. The summed E-state index contributed by atoms with van der Waals surface area (Å²) in [5.74, 6) is -1.42. The molecule has 7 heteroatoms. The third-order valence-electron chi connectivity index (χ3n) is 2.99. The predicted molar refractivity (Wildman–Crippen MR) is 80.0 cm³/mol. The first-order valence-corrected chi connectivity index (χ1v) is 6.96. The molecule has 0 saturated carbocycles. The number of carboxylic acid groups (broad SMARTS) is 1. The van der Waals surface area contributed by atoms with Crippen LogP contribution in [0.3, 0.4) is 0 Å². The van der Waals surface area contributed by atoms with Gasteiger partial charge in [-0.15, -0.1) is 0 Å². The second-order valence-corrected chi connectivity index (χ2v) is 6.52. The molecule has 122 valence electrons. The molecule has 1 unspecified atom stereocenters. The highest BCUT2D eigenvalue weighted by Crippen LogP contribution is 2.14. The van der Waals surface area contributed by atoms with Crippen molar-refractivity contribution in [2.75, 3.05) is 6.54 Å². The quantitative estimate of drug-likeness (QED) is 0.710. The van der Waals surface area contributed by atoms with E-state index in [2.05, 4.69) is 10.6 Å². The van der Waals surface area contributed by atoms with Crippen LogP contribution in [0.4, 0.5) is 4.79 Å². The molecule has 0 aromatic rings. The summed E-state index contributed by atoms with van der Waals surface area (Å²) in [5, 5.41) is 14.5. The van der Waals surface area contributed by atoms with E-state index in [0.29, 0.717) is 0 Å². The molecule has 0 saturated heterocycles. The number of hydrogen-bond donors (Lipinski definition) is 3. The largest absolute Gasteiger partial charge is 0.480 e. The van der Waals surface area contributed by atoms with Crippen LogP contribution in [0.2, 0.25) is 0 Å². The summed E-state index contributed by atoms with van der Waals surface area (Å²) >= 11 is 0.